The van der Waals surface area contributed by atoms with Crippen molar-refractivity contribution >= 4 is 17.5 Å². The number of fused-ring (bicyclic) bond motifs is 1. The first-order valence-electron chi connectivity index (χ1n) is 13.5. The van der Waals surface area contributed by atoms with Crippen LogP contribution in [0, 0.1) is 12.8 Å². The van der Waals surface area contributed by atoms with Gasteiger partial charge in [0.2, 0.25) is 11.8 Å². The summed E-state index contributed by atoms with van der Waals surface area (Å²) >= 11 is 0. The van der Waals surface area contributed by atoms with Gasteiger partial charge < -0.3 is 10.6 Å². The number of alkyl halides is 8. The van der Waals surface area contributed by atoms with Crippen LogP contribution in [0.2, 0.25) is 0 Å². The number of halogens is 8. The van der Waals surface area contributed by atoms with Crippen molar-refractivity contribution in [3.8, 4) is 0 Å². The molecule has 43 heavy (non-hydrogen) atoms. The fourth-order valence-electron chi connectivity index (χ4n) is 4.90. The fourth-order valence-corrected chi connectivity index (χ4v) is 4.90. The molecule has 0 spiro atoms. The number of carbonyl (C=O) groups is 2. The Morgan fingerprint density at radius 1 is 1.05 bits per heavy atom. The molecule has 9 nitrogen and oxygen atoms in total. The summed E-state index contributed by atoms with van der Waals surface area (Å²) in [6, 6.07) is 0.678. The Morgan fingerprint density at radius 3 is 2.37 bits per heavy atom. The first-order chi connectivity index (χ1) is 20.0. The molecule has 1 saturated carbocycles. The standard InChI is InChI=1S/C26H29F8N7O2/c1-15-18(13-37-40(15)9-8-26(32,33)34)23(43)39-22(17-2-5-24(27,28)6-3-17)19-14-41-20(38-19)10-16(12-36-41)11-35-21(42)4-7-25(29,30)31/h10,12-14,17,22H,2-9,11H2,1H3,(H,35,42)(H,39,43)/t22-/m0/s1. The highest BCUT2D eigenvalue weighted by Crippen LogP contribution is 2.41. The summed E-state index contributed by atoms with van der Waals surface area (Å²) in [5.41, 5.74) is 1.23. The molecule has 236 valence electrons. The maximum absolute atomic E-state index is 13.9. The Hall–Kier alpha value is -3.79. The van der Waals surface area contributed by atoms with Crippen LogP contribution in [-0.4, -0.2) is 54.5 Å². The third-order valence-corrected chi connectivity index (χ3v) is 7.31. The Bertz CT molecular complexity index is 1440. The van der Waals surface area contributed by atoms with Gasteiger partial charge in [0.15, 0.2) is 5.65 Å². The van der Waals surface area contributed by atoms with E-state index in [0.29, 0.717) is 11.3 Å². The molecule has 4 rings (SSSR count). The van der Waals surface area contributed by atoms with E-state index in [9.17, 15) is 44.7 Å². The van der Waals surface area contributed by atoms with Crippen molar-refractivity contribution in [3.05, 3.63) is 47.2 Å². The summed E-state index contributed by atoms with van der Waals surface area (Å²) in [4.78, 5) is 29.5. The van der Waals surface area contributed by atoms with Crippen molar-refractivity contribution in [2.75, 3.05) is 0 Å². The molecule has 0 radical (unpaired) electrons. The van der Waals surface area contributed by atoms with E-state index in [1.165, 1.54) is 29.9 Å². The Kier molecular flexibility index (Phi) is 9.30. The summed E-state index contributed by atoms with van der Waals surface area (Å²) in [5, 5.41) is 13.3. The van der Waals surface area contributed by atoms with Crippen molar-refractivity contribution in [3.63, 3.8) is 0 Å². The highest BCUT2D eigenvalue weighted by Gasteiger charge is 2.39. The molecule has 0 unspecified atom stereocenters. The second kappa shape index (κ2) is 12.4. The summed E-state index contributed by atoms with van der Waals surface area (Å²) in [6.45, 7) is 0.859. The maximum Gasteiger partial charge on any atom is 0.390 e. The number of carbonyl (C=O) groups excluding carboxylic acids is 2. The number of hydrogen-bond donors (Lipinski definition) is 2. The molecule has 2 N–H and O–H groups in total. The molecule has 1 fully saturated rings. The van der Waals surface area contributed by atoms with E-state index in [1.807, 2.05) is 0 Å². The Morgan fingerprint density at radius 2 is 1.72 bits per heavy atom. The molecule has 3 aromatic heterocycles. The lowest BCUT2D eigenvalue weighted by molar-refractivity contribution is -0.144. The number of aryl methyl sites for hydroxylation is 1. The lowest BCUT2D eigenvalue weighted by Gasteiger charge is -2.33. The van der Waals surface area contributed by atoms with E-state index in [1.54, 1.807) is 0 Å². The van der Waals surface area contributed by atoms with Crippen LogP contribution in [0.3, 0.4) is 0 Å². The SMILES string of the molecule is Cc1c(C(=O)N[C@H](c2cn3ncc(CNC(=O)CCC(F)(F)F)cc3n2)C2CCC(F)(F)CC2)cnn1CCC(F)(F)F. The molecule has 0 aromatic carbocycles. The van der Waals surface area contributed by atoms with E-state index in [4.69, 9.17) is 0 Å². The fraction of sp³-hybridized carbons (Fsp3) is 0.577. The molecule has 2 amide bonds. The van der Waals surface area contributed by atoms with Gasteiger partial charge >= 0.3 is 12.4 Å². The van der Waals surface area contributed by atoms with Crippen LogP contribution in [0.4, 0.5) is 35.1 Å². The largest absolute Gasteiger partial charge is 0.390 e. The Labute approximate surface area is 240 Å². The lowest BCUT2D eigenvalue weighted by atomic mass is 9.81. The lowest BCUT2D eigenvalue weighted by Crippen LogP contribution is -2.37. The van der Waals surface area contributed by atoms with Crippen molar-refractivity contribution in [1.82, 2.24) is 35.0 Å². The maximum atomic E-state index is 13.9. The molecule has 0 saturated heterocycles. The third-order valence-electron chi connectivity index (χ3n) is 7.31. The zero-order valence-electron chi connectivity index (χ0n) is 22.9. The number of nitrogens with one attached hydrogen (secondary N) is 2. The molecular formula is C26H29F8N7O2. The van der Waals surface area contributed by atoms with Crippen molar-refractivity contribution < 1.29 is 44.7 Å². The first-order valence-corrected chi connectivity index (χ1v) is 13.5. The van der Waals surface area contributed by atoms with Crippen molar-refractivity contribution in [2.45, 2.75) is 89.3 Å². The van der Waals surface area contributed by atoms with Crippen LogP contribution >= 0.6 is 0 Å². The first kappa shape index (κ1) is 32.1. The van der Waals surface area contributed by atoms with Gasteiger partial charge in [-0.25, -0.2) is 18.3 Å². The van der Waals surface area contributed by atoms with Crippen LogP contribution in [0.1, 0.15) is 78.3 Å². The van der Waals surface area contributed by atoms with Gasteiger partial charge in [0.05, 0.1) is 48.7 Å². The van der Waals surface area contributed by atoms with E-state index in [2.05, 4.69) is 25.8 Å². The molecule has 0 aliphatic heterocycles. The van der Waals surface area contributed by atoms with Gasteiger partial charge in [0.1, 0.15) is 0 Å². The minimum Gasteiger partial charge on any atom is -0.352 e. The quantitative estimate of drug-likeness (QED) is 0.293. The topological polar surface area (TPSA) is 106 Å². The van der Waals surface area contributed by atoms with Gasteiger partial charge in [-0.15, -0.1) is 0 Å². The number of aromatic nitrogens is 5. The molecule has 1 atom stereocenters. The monoisotopic (exact) mass is 623 g/mol. The van der Waals surface area contributed by atoms with Gasteiger partial charge in [-0.2, -0.15) is 36.5 Å². The van der Waals surface area contributed by atoms with Crippen LogP contribution in [0.5, 0.6) is 0 Å². The highest BCUT2D eigenvalue weighted by atomic mass is 19.4. The molecule has 1 aliphatic rings. The zero-order chi connectivity index (χ0) is 31.6. The van der Waals surface area contributed by atoms with Gasteiger partial charge in [0, 0.05) is 38.0 Å². The van der Waals surface area contributed by atoms with Gasteiger partial charge in [-0.05, 0) is 37.3 Å². The van der Waals surface area contributed by atoms with Gasteiger partial charge in [-0.1, -0.05) is 0 Å². The van der Waals surface area contributed by atoms with Gasteiger partial charge in [0.25, 0.3) is 5.91 Å². The van der Waals surface area contributed by atoms with Crippen LogP contribution in [0.15, 0.2) is 24.7 Å². The van der Waals surface area contributed by atoms with Gasteiger partial charge in [-0.3, -0.25) is 14.3 Å². The second-order valence-electron chi connectivity index (χ2n) is 10.6. The van der Waals surface area contributed by atoms with E-state index >= 15 is 0 Å². The van der Waals surface area contributed by atoms with Crippen LogP contribution in [0.25, 0.3) is 5.65 Å². The number of nitrogens with zero attached hydrogens (tertiary/aromatic N) is 5. The molecule has 0 bridgehead atoms. The minimum absolute atomic E-state index is 0.0266. The number of rotatable bonds is 10. The van der Waals surface area contributed by atoms with Crippen LogP contribution in [-0.2, 0) is 17.9 Å². The van der Waals surface area contributed by atoms with Crippen molar-refractivity contribution in [2.24, 2.45) is 5.92 Å². The van der Waals surface area contributed by atoms with Crippen LogP contribution < -0.4 is 10.6 Å². The average molecular weight is 624 g/mol. The highest BCUT2D eigenvalue weighted by molar-refractivity contribution is 5.95. The predicted octanol–water partition coefficient (Wildman–Crippen LogP) is 5.44. The molecular weight excluding hydrogens is 594 g/mol. The average Bonchev–Trinajstić information content (AvgIpc) is 3.50. The molecule has 3 heterocycles. The minimum atomic E-state index is -4.46. The smallest absolute Gasteiger partial charge is 0.352 e. The number of imidazole rings is 1. The van der Waals surface area contributed by atoms with E-state index in [0.717, 1.165) is 10.9 Å². The van der Waals surface area contributed by atoms with E-state index < -0.39 is 80.7 Å². The summed E-state index contributed by atoms with van der Waals surface area (Å²) in [5.74, 6) is -4.75. The second-order valence-corrected chi connectivity index (χ2v) is 10.6. The normalized spacial score (nSPS) is 16.8. The third kappa shape index (κ3) is 8.86. The summed E-state index contributed by atoms with van der Waals surface area (Å²) in [7, 11) is 0. The molecule has 17 heteroatoms. The molecule has 3 aromatic rings. The summed E-state index contributed by atoms with van der Waals surface area (Å²) in [6.07, 6.45) is -8.64. The molecule has 1 aliphatic carbocycles. The zero-order valence-corrected chi connectivity index (χ0v) is 22.9. The number of amides is 2. The van der Waals surface area contributed by atoms with E-state index in [-0.39, 0.29) is 36.3 Å². The summed E-state index contributed by atoms with van der Waals surface area (Å²) < 4.78 is 105. The predicted molar refractivity (Wildman–Crippen MR) is 135 cm³/mol. The van der Waals surface area contributed by atoms with Crippen molar-refractivity contribution in [1.29, 1.82) is 0 Å². The Balaban J connectivity index is 1.52. The number of hydrogen-bond acceptors (Lipinski definition) is 5.